The van der Waals surface area contributed by atoms with Crippen molar-refractivity contribution in [3.05, 3.63) is 34.6 Å². The summed E-state index contributed by atoms with van der Waals surface area (Å²) in [6, 6.07) is 10.1. The van der Waals surface area contributed by atoms with Gasteiger partial charge in [0.1, 0.15) is 0 Å². The van der Waals surface area contributed by atoms with Crippen LogP contribution < -0.4 is 10.5 Å². The van der Waals surface area contributed by atoms with Crippen LogP contribution in [0.5, 0.6) is 0 Å². The van der Waals surface area contributed by atoms with E-state index in [1.807, 2.05) is 29.2 Å². The number of rotatable bonds is 4. The molecule has 7 nitrogen and oxygen atoms in total. The molecular weight excluding hydrogens is 452 g/mol. The maximum atomic E-state index is 14.0. The lowest BCUT2D eigenvalue weighted by Crippen LogP contribution is -2.50. The van der Waals surface area contributed by atoms with Crippen LogP contribution in [0.3, 0.4) is 0 Å². The molecule has 2 unspecified atom stereocenters. The van der Waals surface area contributed by atoms with Crippen molar-refractivity contribution < 1.29 is 9.90 Å². The fourth-order valence-corrected chi connectivity index (χ4v) is 7.77. The molecule has 1 aromatic heterocycles. The SMILES string of the molecule is O=C(O)C1CCN(c2nc3ccccc3n(C3CC4CCC(C3)N4C3CCCCCCC3)c2=O)CC1. The monoisotopic (exact) mass is 492 g/mol. The predicted molar refractivity (Wildman–Crippen MR) is 142 cm³/mol. The first-order valence-corrected chi connectivity index (χ1v) is 14.4. The van der Waals surface area contributed by atoms with Crippen LogP contribution in [0, 0.1) is 5.92 Å². The zero-order valence-corrected chi connectivity index (χ0v) is 21.4. The number of anilines is 1. The van der Waals surface area contributed by atoms with E-state index >= 15 is 0 Å². The number of carbonyl (C=O) groups is 1. The lowest BCUT2D eigenvalue weighted by Gasteiger charge is -2.45. The number of benzene rings is 1. The molecule has 4 aliphatic rings. The molecule has 1 saturated carbocycles. The minimum atomic E-state index is -0.731. The van der Waals surface area contributed by atoms with Gasteiger partial charge in [0.25, 0.3) is 5.56 Å². The summed E-state index contributed by atoms with van der Waals surface area (Å²) < 4.78 is 2.07. The van der Waals surface area contributed by atoms with E-state index in [0.717, 1.165) is 29.9 Å². The molecule has 0 radical (unpaired) electrons. The van der Waals surface area contributed by atoms with E-state index in [4.69, 9.17) is 4.98 Å². The van der Waals surface area contributed by atoms with Gasteiger partial charge in [-0.05, 0) is 63.5 Å². The summed E-state index contributed by atoms with van der Waals surface area (Å²) in [7, 11) is 0. The second kappa shape index (κ2) is 10.2. The first kappa shape index (κ1) is 24.0. The Labute approximate surface area is 213 Å². The number of para-hydroxylation sites is 2. The van der Waals surface area contributed by atoms with Crippen molar-refractivity contribution in [1.82, 2.24) is 14.5 Å². The number of piperidine rings is 2. The largest absolute Gasteiger partial charge is 0.481 e. The highest BCUT2D eigenvalue weighted by atomic mass is 16.4. The molecular formula is C29H40N4O3. The molecule has 1 aromatic carbocycles. The fraction of sp³-hybridized carbons (Fsp3) is 0.690. The van der Waals surface area contributed by atoms with E-state index in [0.29, 0.717) is 43.8 Å². The first-order valence-electron chi connectivity index (χ1n) is 14.4. The van der Waals surface area contributed by atoms with E-state index in [9.17, 15) is 14.7 Å². The van der Waals surface area contributed by atoms with E-state index in [1.165, 1.54) is 57.8 Å². The highest BCUT2D eigenvalue weighted by Gasteiger charge is 2.44. The Balaban J connectivity index is 1.30. The van der Waals surface area contributed by atoms with Gasteiger partial charge in [0.2, 0.25) is 0 Å². The van der Waals surface area contributed by atoms with Gasteiger partial charge in [-0.1, -0.05) is 44.2 Å². The lowest BCUT2D eigenvalue weighted by atomic mass is 9.89. The normalized spacial score (nSPS) is 28.8. The van der Waals surface area contributed by atoms with E-state index < -0.39 is 5.97 Å². The molecule has 1 N–H and O–H groups in total. The fourth-order valence-electron chi connectivity index (χ4n) is 7.77. The topological polar surface area (TPSA) is 78.7 Å². The van der Waals surface area contributed by atoms with Crippen molar-refractivity contribution in [2.45, 2.75) is 108 Å². The molecule has 36 heavy (non-hydrogen) atoms. The van der Waals surface area contributed by atoms with E-state index in [-0.39, 0.29) is 17.5 Å². The number of carboxylic acid groups (broad SMARTS) is 1. The number of nitrogens with zero attached hydrogens (tertiary/aromatic N) is 4. The van der Waals surface area contributed by atoms with Gasteiger partial charge in [-0.2, -0.15) is 0 Å². The molecule has 7 heteroatoms. The standard InChI is InChI=1S/C29H40N4O3/c34-28-27(31-16-14-20(15-17-31)29(35)36)30-25-10-6-7-11-26(25)33(28)24-18-22-12-13-23(19-24)32(22)21-8-4-2-1-3-5-9-21/h6-7,10-11,20-24H,1-5,8-9,12-19H2,(H,35,36). The molecule has 4 heterocycles. The third kappa shape index (κ3) is 4.44. The number of fused-ring (bicyclic) bond motifs is 3. The number of aromatic nitrogens is 2. The van der Waals surface area contributed by atoms with Crippen molar-refractivity contribution in [2.24, 2.45) is 5.92 Å². The van der Waals surface area contributed by atoms with Crippen molar-refractivity contribution in [2.75, 3.05) is 18.0 Å². The van der Waals surface area contributed by atoms with Gasteiger partial charge in [-0.25, -0.2) is 4.98 Å². The summed E-state index contributed by atoms with van der Waals surface area (Å²) in [6.45, 7) is 1.14. The van der Waals surface area contributed by atoms with Crippen LogP contribution in [0.25, 0.3) is 11.0 Å². The number of aliphatic carboxylic acids is 1. The van der Waals surface area contributed by atoms with Crippen LogP contribution in [-0.2, 0) is 4.79 Å². The predicted octanol–water partition coefficient (Wildman–Crippen LogP) is 4.98. The van der Waals surface area contributed by atoms with Gasteiger partial charge in [0.05, 0.1) is 17.0 Å². The van der Waals surface area contributed by atoms with Crippen LogP contribution >= 0.6 is 0 Å². The lowest BCUT2D eigenvalue weighted by molar-refractivity contribution is -0.142. The molecule has 2 atom stereocenters. The minimum absolute atomic E-state index is 0.00581. The number of hydrogen-bond donors (Lipinski definition) is 1. The molecule has 3 aliphatic heterocycles. The Morgan fingerprint density at radius 1 is 0.806 bits per heavy atom. The molecule has 1 aliphatic carbocycles. The summed E-state index contributed by atoms with van der Waals surface area (Å²) in [5, 5.41) is 9.40. The Morgan fingerprint density at radius 2 is 1.44 bits per heavy atom. The van der Waals surface area contributed by atoms with Crippen LogP contribution in [-0.4, -0.2) is 56.7 Å². The van der Waals surface area contributed by atoms with Gasteiger partial charge in [-0.15, -0.1) is 0 Å². The van der Waals surface area contributed by atoms with Crippen LogP contribution in [0.1, 0.15) is 89.5 Å². The molecule has 6 rings (SSSR count). The smallest absolute Gasteiger partial charge is 0.306 e. The molecule has 2 aromatic rings. The van der Waals surface area contributed by atoms with Crippen LogP contribution in [0.15, 0.2) is 29.1 Å². The van der Waals surface area contributed by atoms with Crippen molar-refractivity contribution in [3.63, 3.8) is 0 Å². The molecule has 194 valence electrons. The van der Waals surface area contributed by atoms with Gasteiger partial charge in [-0.3, -0.25) is 14.5 Å². The van der Waals surface area contributed by atoms with Gasteiger partial charge in [0.15, 0.2) is 5.82 Å². The molecule has 0 spiro atoms. The Hall–Kier alpha value is -2.41. The molecule has 2 bridgehead atoms. The third-order valence-electron chi connectivity index (χ3n) is 9.55. The van der Waals surface area contributed by atoms with Crippen LogP contribution in [0.4, 0.5) is 5.82 Å². The van der Waals surface area contributed by atoms with Crippen molar-refractivity contribution in [3.8, 4) is 0 Å². The zero-order chi connectivity index (χ0) is 24.6. The summed E-state index contributed by atoms with van der Waals surface area (Å²) in [5.41, 5.74) is 1.81. The minimum Gasteiger partial charge on any atom is -0.481 e. The van der Waals surface area contributed by atoms with Crippen LogP contribution in [0.2, 0.25) is 0 Å². The highest BCUT2D eigenvalue weighted by molar-refractivity contribution is 5.76. The highest BCUT2D eigenvalue weighted by Crippen LogP contribution is 2.44. The average molecular weight is 493 g/mol. The number of hydrogen-bond acceptors (Lipinski definition) is 5. The third-order valence-corrected chi connectivity index (χ3v) is 9.55. The Morgan fingerprint density at radius 3 is 2.11 bits per heavy atom. The summed E-state index contributed by atoms with van der Waals surface area (Å²) >= 11 is 0. The molecule has 3 saturated heterocycles. The number of carboxylic acids is 1. The average Bonchev–Trinajstić information content (AvgIpc) is 3.12. The zero-order valence-electron chi connectivity index (χ0n) is 21.4. The first-order chi connectivity index (χ1) is 17.6. The van der Waals surface area contributed by atoms with Gasteiger partial charge in [0, 0.05) is 37.3 Å². The van der Waals surface area contributed by atoms with Gasteiger partial charge < -0.3 is 14.6 Å². The second-order valence-corrected chi connectivity index (χ2v) is 11.7. The Kier molecular flexibility index (Phi) is 6.76. The summed E-state index contributed by atoms with van der Waals surface area (Å²) in [4.78, 5) is 35.2. The van der Waals surface area contributed by atoms with Gasteiger partial charge >= 0.3 is 5.97 Å². The van der Waals surface area contributed by atoms with Crippen molar-refractivity contribution in [1.29, 1.82) is 0 Å². The quantitative estimate of drug-likeness (QED) is 0.649. The maximum Gasteiger partial charge on any atom is 0.306 e. The second-order valence-electron chi connectivity index (χ2n) is 11.7. The summed E-state index contributed by atoms with van der Waals surface area (Å²) in [6.07, 6.45) is 15.3. The molecule has 4 fully saturated rings. The molecule has 0 amide bonds. The maximum absolute atomic E-state index is 14.0. The van der Waals surface area contributed by atoms with Crippen molar-refractivity contribution >= 4 is 22.8 Å². The Bertz CT molecular complexity index is 1130. The summed E-state index contributed by atoms with van der Waals surface area (Å²) in [5.74, 6) is -0.547. The van der Waals surface area contributed by atoms with E-state index in [1.54, 1.807) is 0 Å². The van der Waals surface area contributed by atoms with E-state index in [2.05, 4.69) is 9.47 Å².